The van der Waals surface area contributed by atoms with Crippen molar-refractivity contribution < 1.29 is 5.11 Å². The number of hydrogen-bond donors (Lipinski definition) is 1. The average molecular weight is 308 g/mol. The predicted molar refractivity (Wildman–Crippen MR) is 93.4 cm³/mol. The summed E-state index contributed by atoms with van der Waals surface area (Å²) in [6, 6.07) is 16.6. The molecule has 1 N–H and O–H groups in total. The summed E-state index contributed by atoms with van der Waals surface area (Å²) in [6.45, 7) is 8.25. The van der Waals surface area contributed by atoms with Crippen LogP contribution in [0.3, 0.4) is 0 Å². The van der Waals surface area contributed by atoms with Gasteiger partial charge < -0.3 is 10.0 Å². The van der Waals surface area contributed by atoms with Crippen LogP contribution in [-0.2, 0) is 5.60 Å². The van der Waals surface area contributed by atoms with Crippen molar-refractivity contribution in [2.24, 2.45) is 0 Å². The Balaban J connectivity index is 1.67. The van der Waals surface area contributed by atoms with Crippen LogP contribution in [0, 0.1) is 0 Å². The number of aliphatic hydroxyl groups is 1. The third-order valence-corrected chi connectivity index (χ3v) is 5.40. The molecule has 0 bridgehead atoms. The van der Waals surface area contributed by atoms with Gasteiger partial charge in [0.15, 0.2) is 0 Å². The van der Waals surface area contributed by atoms with Crippen molar-refractivity contribution in [3.8, 4) is 11.1 Å². The molecule has 0 unspecified atom stereocenters. The van der Waals surface area contributed by atoms with E-state index in [4.69, 9.17) is 0 Å². The van der Waals surface area contributed by atoms with Crippen LogP contribution >= 0.6 is 0 Å². The fourth-order valence-corrected chi connectivity index (χ4v) is 4.06. The number of piperazine rings is 1. The molecule has 1 aliphatic heterocycles. The minimum absolute atomic E-state index is 0.679. The highest BCUT2D eigenvalue weighted by molar-refractivity contribution is 5.80. The van der Waals surface area contributed by atoms with E-state index >= 15 is 0 Å². The molecule has 0 spiro atoms. The monoisotopic (exact) mass is 308 g/mol. The Morgan fingerprint density at radius 3 is 1.83 bits per heavy atom. The quantitative estimate of drug-likeness (QED) is 0.944. The smallest absolute Gasteiger partial charge is 0.128 e. The Bertz CT molecular complexity index is 659. The molecule has 0 atom stereocenters. The molecule has 2 aromatic rings. The largest absolute Gasteiger partial charge is 0.379 e. The molecule has 1 heterocycles. The standard InChI is InChI=1S/C20H24N2O/c1-2-21-11-13-22(14-12-21)15-20(23)18-9-5-3-7-16(18)17-8-4-6-10-19(17)20/h3-10,23H,2,11-15H2,1H3. The van der Waals surface area contributed by atoms with E-state index in [0.717, 1.165) is 43.9 Å². The maximum atomic E-state index is 11.6. The van der Waals surface area contributed by atoms with Gasteiger partial charge >= 0.3 is 0 Å². The summed E-state index contributed by atoms with van der Waals surface area (Å²) in [6.07, 6.45) is 0. The number of nitrogens with zero attached hydrogens (tertiary/aromatic N) is 2. The van der Waals surface area contributed by atoms with Crippen molar-refractivity contribution >= 4 is 0 Å². The number of fused-ring (bicyclic) bond motifs is 3. The highest BCUT2D eigenvalue weighted by Gasteiger charge is 2.42. The Morgan fingerprint density at radius 1 is 0.826 bits per heavy atom. The maximum Gasteiger partial charge on any atom is 0.128 e. The minimum atomic E-state index is -0.887. The van der Waals surface area contributed by atoms with E-state index in [1.807, 2.05) is 12.1 Å². The van der Waals surface area contributed by atoms with E-state index in [-0.39, 0.29) is 0 Å². The summed E-state index contributed by atoms with van der Waals surface area (Å²) in [4.78, 5) is 4.88. The molecule has 4 rings (SSSR count). The first-order chi connectivity index (χ1) is 11.2. The molecule has 2 aromatic carbocycles. The van der Waals surface area contributed by atoms with Crippen molar-refractivity contribution in [3.05, 3.63) is 59.7 Å². The molecule has 3 nitrogen and oxygen atoms in total. The van der Waals surface area contributed by atoms with Crippen molar-refractivity contribution in [2.75, 3.05) is 39.3 Å². The Labute approximate surface area is 138 Å². The molecule has 1 fully saturated rings. The van der Waals surface area contributed by atoms with E-state index in [1.54, 1.807) is 0 Å². The topological polar surface area (TPSA) is 26.7 Å². The van der Waals surface area contributed by atoms with Gasteiger partial charge in [-0.3, -0.25) is 4.90 Å². The summed E-state index contributed by atoms with van der Waals surface area (Å²) < 4.78 is 0. The van der Waals surface area contributed by atoms with Crippen molar-refractivity contribution in [1.82, 2.24) is 9.80 Å². The average Bonchev–Trinajstić information content (AvgIpc) is 2.86. The summed E-state index contributed by atoms with van der Waals surface area (Å²) in [5.41, 5.74) is 3.58. The zero-order valence-electron chi connectivity index (χ0n) is 13.7. The van der Waals surface area contributed by atoms with Crippen LogP contribution in [0.4, 0.5) is 0 Å². The number of hydrogen-bond acceptors (Lipinski definition) is 3. The molecule has 0 radical (unpaired) electrons. The first kappa shape index (κ1) is 14.9. The summed E-state index contributed by atoms with van der Waals surface area (Å²) >= 11 is 0. The van der Waals surface area contributed by atoms with Crippen molar-refractivity contribution in [1.29, 1.82) is 0 Å². The van der Waals surface area contributed by atoms with Gasteiger partial charge in [0.05, 0.1) is 0 Å². The van der Waals surface area contributed by atoms with E-state index in [2.05, 4.69) is 53.1 Å². The molecule has 1 aliphatic carbocycles. The van der Waals surface area contributed by atoms with Gasteiger partial charge in [-0.25, -0.2) is 0 Å². The molecule has 120 valence electrons. The second kappa shape index (κ2) is 5.75. The molecular weight excluding hydrogens is 284 g/mol. The zero-order valence-corrected chi connectivity index (χ0v) is 13.7. The first-order valence-electron chi connectivity index (χ1n) is 8.59. The molecule has 2 aliphatic rings. The lowest BCUT2D eigenvalue weighted by Crippen LogP contribution is -2.50. The van der Waals surface area contributed by atoms with Crippen molar-refractivity contribution in [3.63, 3.8) is 0 Å². The van der Waals surface area contributed by atoms with Crippen molar-refractivity contribution in [2.45, 2.75) is 12.5 Å². The zero-order chi connectivity index (χ0) is 15.9. The molecule has 0 saturated carbocycles. The van der Waals surface area contributed by atoms with Crippen LogP contribution < -0.4 is 0 Å². The normalized spacial score (nSPS) is 20.3. The lowest BCUT2D eigenvalue weighted by atomic mass is 9.90. The highest BCUT2D eigenvalue weighted by Crippen LogP contribution is 2.47. The van der Waals surface area contributed by atoms with Gasteiger partial charge in [0, 0.05) is 32.7 Å². The molecule has 3 heteroatoms. The van der Waals surface area contributed by atoms with E-state index in [1.165, 1.54) is 11.1 Å². The summed E-state index contributed by atoms with van der Waals surface area (Å²) in [7, 11) is 0. The lowest BCUT2D eigenvalue weighted by molar-refractivity contribution is 0.0207. The van der Waals surface area contributed by atoms with Gasteiger partial charge in [-0.1, -0.05) is 55.5 Å². The second-order valence-corrected chi connectivity index (χ2v) is 6.66. The first-order valence-corrected chi connectivity index (χ1v) is 8.59. The van der Waals surface area contributed by atoms with Gasteiger partial charge in [0.1, 0.15) is 5.60 Å². The van der Waals surface area contributed by atoms with Crippen LogP contribution in [0.1, 0.15) is 18.1 Å². The van der Waals surface area contributed by atoms with Crippen LogP contribution in [0.2, 0.25) is 0 Å². The molecule has 0 amide bonds. The third kappa shape index (κ3) is 2.40. The molecule has 0 aromatic heterocycles. The fourth-order valence-electron chi connectivity index (χ4n) is 4.06. The third-order valence-electron chi connectivity index (χ3n) is 5.40. The predicted octanol–water partition coefficient (Wildman–Crippen LogP) is 2.54. The fraction of sp³-hybridized carbons (Fsp3) is 0.400. The molecule has 1 saturated heterocycles. The Kier molecular flexibility index (Phi) is 3.72. The number of benzene rings is 2. The van der Waals surface area contributed by atoms with Crippen LogP contribution in [0.25, 0.3) is 11.1 Å². The molecule has 23 heavy (non-hydrogen) atoms. The number of likely N-dealkylation sites (N-methyl/N-ethyl adjacent to an activating group) is 1. The van der Waals surface area contributed by atoms with Crippen LogP contribution in [0.15, 0.2) is 48.5 Å². The Morgan fingerprint density at radius 2 is 1.30 bits per heavy atom. The van der Waals surface area contributed by atoms with Gasteiger partial charge in [-0.2, -0.15) is 0 Å². The highest BCUT2D eigenvalue weighted by atomic mass is 16.3. The minimum Gasteiger partial charge on any atom is -0.379 e. The number of β-amino-alcohol motifs (C(OH)–C–C–N with tert-alkyl or cyclic N) is 1. The lowest BCUT2D eigenvalue weighted by Gasteiger charge is -2.38. The van der Waals surface area contributed by atoms with Gasteiger partial charge in [0.25, 0.3) is 0 Å². The maximum absolute atomic E-state index is 11.6. The van der Waals surface area contributed by atoms with E-state index in [0.29, 0.717) is 6.54 Å². The van der Waals surface area contributed by atoms with Gasteiger partial charge in [-0.05, 0) is 28.8 Å². The summed E-state index contributed by atoms with van der Waals surface area (Å²) in [5, 5.41) is 11.6. The van der Waals surface area contributed by atoms with Gasteiger partial charge in [0.2, 0.25) is 0 Å². The SMILES string of the molecule is CCN1CCN(CC2(O)c3ccccc3-c3ccccc32)CC1. The van der Waals surface area contributed by atoms with E-state index in [9.17, 15) is 5.11 Å². The van der Waals surface area contributed by atoms with Crippen LogP contribution in [-0.4, -0.2) is 54.2 Å². The van der Waals surface area contributed by atoms with E-state index < -0.39 is 5.60 Å². The molecular formula is C20H24N2O. The van der Waals surface area contributed by atoms with Crippen LogP contribution in [0.5, 0.6) is 0 Å². The number of rotatable bonds is 3. The Hall–Kier alpha value is -1.68. The summed E-state index contributed by atoms with van der Waals surface area (Å²) in [5.74, 6) is 0. The van der Waals surface area contributed by atoms with Gasteiger partial charge in [-0.15, -0.1) is 0 Å². The second-order valence-electron chi connectivity index (χ2n) is 6.66.